The second kappa shape index (κ2) is 5.33. The molecule has 0 saturated carbocycles. The first-order chi connectivity index (χ1) is 9.26. The summed E-state index contributed by atoms with van der Waals surface area (Å²) in [4.78, 5) is 13.7. The molecular weight excluding hydrogens is 262 g/mol. The summed E-state index contributed by atoms with van der Waals surface area (Å²) < 4.78 is 10.6. The number of rotatable bonds is 4. The summed E-state index contributed by atoms with van der Waals surface area (Å²) in [5.41, 5.74) is 1.17. The number of hydrogen-bond donors (Lipinski definition) is 1. The number of hydrogen-bond acceptors (Lipinski definition) is 4. The highest BCUT2D eigenvalue weighted by atomic mass is 32.1. The largest absolute Gasteiger partial charge is 0.454 e. The maximum atomic E-state index is 11.8. The Morgan fingerprint density at radius 3 is 2.95 bits per heavy atom. The van der Waals surface area contributed by atoms with Gasteiger partial charge >= 0.3 is 0 Å². The van der Waals surface area contributed by atoms with Crippen LogP contribution in [0.3, 0.4) is 0 Å². The van der Waals surface area contributed by atoms with E-state index >= 15 is 0 Å². The first-order valence-corrected chi connectivity index (χ1v) is 7.16. The molecule has 1 amide bonds. The Bertz CT molecular complexity index is 492. The SMILES string of the molecule is O=C1CC(CS)CN1CCc1ccc2c(c1)OCO2. The molecule has 1 fully saturated rings. The van der Waals surface area contributed by atoms with Crippen molar-refractivity contribution in [1.29, 1.82) is 0 Å². The number of thiol groups is 1. The van der Waals surface area contributed by atoms with Crippen molar-refractivity contribution in [1.82, 2.24) is 4.90 Å². The lowest BCUT2D eigenvalue weighted by Crippen LogP contribution is -2.27. The Morgan fingerprint density at radius 2 is 2.16 bits per heavy atom. The highest BCUT2D eigenvalue weighted by molar-refractivity contribution is 7.80. The van der Waals surface area contributed by atoms with Crippen LogP contribution in [-0.4, -0.2) is 36.4 Å². The number of nitrogens with zero attached hydrogens (tertiary/aromatic N) is 1. The molecule has 3 rings (SSSR count). The van der Waals surface area contributed by atoms with Crippen molar-refractivity contribution in [2.24, 2.45) is 5.92 Å². The molecule has 5 heteroatoms. The summed E-state index contributed by atoms with van der Waals surface area (Å²) in [6.07, 6.45) is 1.49. The number of ether oxygens (including phenoxy) is 2. The van der Waals surface area contributed by atoms with Gasteiger partial charge in [0.15, 0.2) is 11.5 Å². The van der Waals surface area contributed by atoms with E-state index in [0.29, 0.717) is 19.1 Å². The van der Waals surface area contributed by atoms with Gasteiger partial charge in [-0.25, -0.2) is 0 Å². The molecule has 2 aliphatic rings. The first kappa shape index (κ1) is 12.7. The van der Waals surface area contributed by atoms with Gasteiger partial charge in [-0.05, 0) is 35.8 Å². The minimum absolute atomic E-state index is 0.250. The molecule has 2 heterocycles. The Morgan fingerprint density at radius 1 is 1.32 bits per heavy atom. The number of carbonyl (C=O) groups is 1. The molecule has 0 aliphatic carbocycles. The highest BCUT2D eigenvalue weighted by Gasteiger charge is 2.28. The van der Waals surface area contributed by atoms with Crippen LogP contribution in [-0.2, 0) is 11.2 Å². The van der Waals surface area contributed by atoms with E-state index in [-0.39, 0.29) is 5.91 Å². The van der Waals surface area contributed by atoms with Gasteiger partial charge in [-0.1, -0.05) is 6.07 Å². The van der Waals surface area contributed by atoms with Crippen LogP contribution in [0.4, 0.5) is 0 Å². The molecule has 1 unspecified atom stereocenters. The van der Waals surface area contributed by atoms with Gasteiger partial charge in [0.25, 0.3) is 0 Å². The molecule has 1 aromatic carbocycles. The minimum atomic E-state index is 0.250. The summed E-state index contributed by atoms with van der Waals surface area (Å²) >= 11 is 4.27. The fourth-order valence-corrected chi connectivity index (χ4v) is 2.80. The zero-order valence-electron chi connectivity index (χ0n) is 10.7. The molecule has 0 spiro atoms. The van der Waals surface area contributed by atoms with Crippen LogP contribution in [0.5, 0.6) is 11.5 Å². The topological polar surface area (TPSA) is 38.8 Å². The quantitative estimate of drug-likeness (QED) is 0.853. The molecule has 4 nitrogen and oxygen atoms in total. The third-order valence-electron chi connectivity index (χ3n) is 3.66. The summed E-state index contributed by atoms with van der Waals surface area (Å²) in [5.74, 6) is 3.05. The lowest BCUT2D eigenvalue weighted by atomic mass is 10.1. The second-order valence-electron chi connectivity index (χ2n) is 5.03. The number of carbonyl (C=O) groups excluding carboxylic acids is 1. The predicted molar refractivity (Wildman–Crippen MR) is 74.8 cm³/mol. The maximum Gasteiger partial charge on any atom is 0.231 e. The lowest BCUT2D eigenvalue weighted by molar-refractivity contribution is -0.127. The van der Waals surface area contributed by atoms with Gasteiger partial charge in [-0.3, -0.25) is 4.79 Å². The van der Waals surface area contributed by atoms with Crippen LogP contribution in [0.25, 0.3) is 0 Å². The van der Waals surface area contributed by atoms with E-state index in [4.69, 9.17) is 9.47 Å². The average Bonchev–Trinajstić information content (AvgIpc) is 3.02. The van der Waals surface area contributed by atoms with E-state index in [1.54, 1.807) is 0 Å². The molecule has 0 aromatic heterocycles. The van der Waals surface area contributed by atoms with Crippen molar-refractivity contribution in [3.8, 4) is 11.5 Å². The van der Waals surface area contributed by atoms with Gasteiger partial charge in [0.05, 0.1) is 0 Å². The molecule has 19 heavy (non-hydrogen) atoms. The van der Waals surface area contributed by atoms with Crippen molar-refractivity contribution < 1.29 is 14.3 Å². The lowest BCUT2D eigenvalue weighted by Gasteiger charge is -2.16. The molecule has 0 N–H and O–H groups in total. The molecule has 1 atom stereocenters. The maximum absolute atomic E-state index is 11.8. The van der Waals surface area contributed by atoms with E-state index in [9.17, 15) is 4.79 Å². The predicted octanol–water partition coefficient (Wildman–Crippen LogP) is 1.74. The molecular formula is C14H17NO3S. The second-order valence-corrected chi connectivity index (χ2v) is 5.40. The number of amides is 1. The van der Waals surface area contributed by atoms with E-state index in [0.717, 1.165) is 36.8 Å². The monoisotopic (exact) mass is 279 g/mol. The van der Waals surface area contributed by atoms with Gasteiger partial charge in [0.1, 0.15) is 0 Å². The Kier molecular flexibility index (Phi) is 3.55. The minimum Gasteiger partial charge on any atom is -0.454 e. The summed E-state index contributed by atoms with van der Waals surface area (Å²) in [5, 5.41) is 0. The summed E-state index contributed by atoms with van der Waals surface area (Å²) in [6.45, 7) is 1.91. The van der Waals surface area contributed by atoms with Crippen LogP contribution < -0.4 is 9.47 Å². The van der Waals surface area contributed by atoms with Crippen molar-refractivity contribution in [3.63, 3.8) is 0 Å². The number of benzene rings is 1. The fourth-order valence-electron chi connectivity index (χ4n) is 2.55. The number of fused-ring (bicyclic) bond motifs is 1. The Labute approximate surface area is 118 Å². The van der Waals surface area contributed by atoms with Crippen LogP contribution in [0.1, 0.15) is 12.0 Å². The molecule has 102 valence electrons. The zero-order valence-corrected chi connectivity index (χ0v) is 11.6. The summed E-state index contributed by atoms with van der Waals surface area (Å²) in [7, 11) is 0. The van der Waals surface area contributed by atoms with Crippen LogP contribution in [0.2, 0.25) is 0 Å². The first-order valence-electron chi connectivity index (χ1n) is 6.53. The van der Waals surface area contributed by atoms with E-state index in [2.05, 4.69) is 12.6 Å². The van der Waals surface area contributed by atoms with E-state index in [1.807, 2.05) is 23.1 Å². The van der Waals surface area contributed by atoms with Crippen molar-refractivity contribution >= 4 is 18.5 Å². The molecule has 0 bridgehead atoms. The zero-order chi connectivity index (χ0) is 13.2. The molecule has 1 saturated heterocycles. The number of likely N-dealkylation sites (tertiary alicyclic amines) is 1. The molecule has 0 radical (unpaired) electrons. The van der Waals surface area contributed by atoms with E-state index in [1.165, 1.54) is 5.56 Å². The highest BCUT2D eigenvalue weighted by Crippen LogP contribution is 2.32. The third kappa shape index (κ3) is 2.66. The van der Waals surface area contributed by atoms with Crippen molar-refractivity contribution in [2.75, 3.05) is 25.6 Å². The Balaban J connectivity index is 1.59. The van der Waals surface area contributed by atoms with Gasteiger partial charge in [0.2, 0.25) is 12.7 Å². The normalized spacial score (nSPS) is 21.2. The van der Waals surface area contributed by atoms with Gasteiger partial charge in [-0.15, -0.1) is 0 Å². The van der Waals surface area contributed by atoms with Crippen LogP contribution >= 0.6 is 12.6 Å². The smallest absolute Gasteiger partial charge is 0.231 e. The van der Waals surface area contributed by atoms with Gasteiger partial charge < -0.3 is 14.4 Å². The van der Waals surface area contributed by atoms with Crippen molar-refractivity contribution in [3.05, 3.63) is 23.8 Å². The average molecular weight is 279 g/mol. The Hall–Kier alpha value is -1.36. The van der Waals surface area contributed by atoms with E-state index < -0.39 is 0 Å². The van der Waals surface area contributed by atoms with Crippen LogP contribution in [0.15, 0.2) is 18.2 Å². The summed E-state index contributed by atoms with van der Waals surface area (Å²) in [6, 6.07) is 5.96. The molecule has 2 aliphatic heterocycles. The van der Waals surface area contributed by atoms with Gasteiger partial charge in [-0.2, -0.15) is 12.6 Å². The fraction of sp³-hybridized carbons (Fsp3) is 0.500. The van der Waals surface area contributed by atoms with Crippen molar-refractivity contribution in [2.45, 2.75) is 12.8 Å². The third-order valence-corrected chi connectivity index (χ3v) is 4.18. The molecule has 1 aromatic rings. The van der Waals surface area contributed by atoms with Gasteiger partial charge in [0, 0.05) is 19.5 Å². The standard InChI is InChI=1S/C14H17NO3S/c16-14-6-11(8-19)7-15(14)4-3-10-1-2-12-13(5-10)18-9-17-12/h1-2,5,11,19H,3-4,6-9H2. The van der Waals surface area contributed by atoms with Crippen LogP contribution in [0, 0.1) is 5.92 Å².